The predicted molar refractivity (Wildman–Crippen MR) is 78.9 cm³/mol. The molecule has 0 bridgehead atoms. The fourth-order valence-electron chi connectivity index (χ4n) is 2.18. The Bertz CT molecular complexity index is 184. The molecule has 0 saturated carbocycles. The van der Waals surface area contributed by atoms with Crippen molar-refractivity contribution in [2.45, 2.75) is 91.3 Å². The molecular weight excluding hydrogens is 224 g/mol. The molecule has 110 valence electrons. The third kappa shape index (κ3) is 8.10. The SMILES string of the molecule is CCCCC(CC)COC(CCCC)C(C)(C)O. The van der Waals surface area contributed by atoms with Crippen LogP contribution < -0.4 is 0 Å². The van der Waals surface area contributed by atoms with E-state index >= 15 is 0 Å². The standard InChI is InChI=1S/C16H34O2/c1-6-9-11-14(8-3)13-18-15(12-10-7-2)16(4,5)17/h14-15,17H,6-13H2,1-5H3. The van der Waals surface area contributed by atoms with Gasteiger partial charge in [-0.25, -0.2) is 0 Å². The van der Waals surface area contributed by atoms with Gasteiger partial charge >= 0.3 is 0 Å². The Balaban J connectivity index is 4.14. The van der Waals surface area contributed by atoms with Crippen molar-refractivity contribution < 1.29 is 9.84 Å². The Labute approximate surface area is 114 Å². The molecule has 0 heterocycles. The molecule has 0 saturated heterocycles. The predicted octanol–water partition coefficient (Wildman–Crippen LogP) is 4.55. The van der Waals surface area contributed by atoms with Crippen molar-refractivity contribution in [2.75, 3.05) is 6.61 Å². The Morgan fingerprint density at radius 1 is 1.00 bits per heavy atom. The summed E-state index contributed by atoms with van der Waals surface area (Å²) in [5.74, 6) is 0.649. The Morgan fingerprint density at radius 3 is 2.00 bits per heavy atom. The molecule has 18 heavy (non-hydrogen) atoms. The number of aliphatic hydroxyl groups is 1. The van der Waals surface area contributed by atoms with Gasteiger partial charge in [0.2, 0.25) is 0 Å². The van der Waals surface area contributed by atoms with Gasteiger partial charge in [-0.1, -0.05) is 52.9 Å². The average Bonchev–Trinajstić information content (AvgIpc) is 2.31. The molecule has 0 aromatic carbocycles. The number of hydrogen-bond donors (Lipinski definition) is 1. The highest BCUT2D eigenvalue weighted by Crippen LogP contribution is 2.21. The zero-order valence-electron chi connectivity index (χ0n) is 13.2. The molecule has 1 N–H and O–H groups in total. The Morgan fingerprint density at radius 2 is 1.56 bits per heavy atom. The molecule has 2 nitrogen and oxygen atoms in total. The van der Waals surface area contributed by atoms with Crippen LogP contribution in [0.3, 0.4) is 0 Å². The number of unbranched alkanes of at least 4 members (excludes halogenated alkanes) is 2. The molecule has 0 spiro atoms. The van der Waals surface area contributed by atoms with Crippen LogP contribution in [0.25, 0.3) is 0 Å². The molecule has 2 unspecified atom stereocenters. The third-order valence-corrected chi connectivity index (χ3v) is 3.68. The van der Waals surface area contributed by atoms with Crippen LogP contribution in [-0.2, 0) is 4.74 Å². The van der Waals surface area contributed by atoms with Crippen molar-refractivity contribution in [1.82, 2.24) is 0 Å². The van der Waals surface area contributed by atoms with E-state index in [1.54, 1.807) is 0 Å². The summed E-state index contributed by atoms with van der Waals surface area (Å²) in [5.41, 5.74) is -0.724. The summed E-state index contributed by atoms with van der Waals surface area (Å²) in [7, 11) is 0. The molecule has 0 fully saturated rings. The quantitative estimate of drug-likeness (QED) is 0.589. The van der Waals surface area contributed by atoms with Crippen molar-refractivity contribution in [3.05, 3.63) is 0 Å². The van der Waals surface area contributed by atoms with Gasteiger partial charge in [0.15, 0.2) is 0 Å². The van der Waals surface area contributed by atoms with E-state index in [2.05, 4.69) is 20.8 Å². The molecule has 2 atom stereocenters. The maximum Gasteiger partial charge on any atom is 0.0856 e. The van der Waals surface area contributed by atoms with Gasteiger partial charge in [-0.15, -0.1) is 0 Å². The second-order valence-electron chi connectivity index (χ2n) is 6.03. The van der Waals surface area contributed by atoms with E-state index in [4.69, 9.17) is 4.74 Å². The first-order valence-electron chi connectivity index (χ1n) is 7.79. The van der Waals surface area contributed by atoms with Crippen LogP contribution >= 0.6 is 0 Å². The van der Waals surface area contributed by atoms with Crippen LogP contribution in [-0.4, -0.2) is 23.4 Å². The fraction of sp³-hybridized carbons (Fsp3) is 1.00. The van der Waals surface area contributed by atoms with Crippen LogP contribution in [0.5, 0.6) is 0 Å². The molecule has 0 aromatic heterocycles. The highest BCUT2D eigenvalue weighted by atomic mass is 16.5. The molecular formula is C16H34O2. The topological polar surface area (TPSA) is 29.5 Å². The molecule has 0 aliphatic carbocycles. The van der Waals surface area contributed by atoms with Crippen molar-refractivity contribution in [2.24, 2.45) is 5.92 Å². The zero-order valence-corrected chi connectivity index (χ0v) is 13.2. The van der Waals surface area contributed by atoms with E-state index < -0.39 is 5.60 Å². The summed E-state index contributed by atoms with van der Waals surface area (Å²) in [6.07, 6.45) is 8.18. The molecule has 2 heteroatoms. The van der Waals surface area contributed by atoms with Gasteiger partial charge in [0.05, 0.1) is 11.7 Å². The van der Waals surface area contributed by atoms with Crippen LogP contribution in [0.4, 0.5) is 0 Å². The first kappa shape index (κ1) is 17.9. The fourth-order valence-corrected chi connectivity index (χ4v) is 2.18. The van der Waals surface area contributed by atoms with Gasteiger partial charge < -0.3 is 9.84 Å². The van der Waals surface area contributed by atoms with Crippen molar-refractivity contribution in [1.29, 1.82) is 0 Å². The highest BCUT2D eigenvalue weighted by molar-refractivity contribution is 4.78. The van der Waals surface area contributed by atoms with Gasteiger partial charge in [-0.3, -0.25) is 0 Å². The second-order valence-corrected chi connectivity index (χ2v) is 6.03. The van der Waals surface area contributed by atoms with E-state index in [1.807, 2.05) is 13.8 Å². The van der Waals surface area contributed by atoms with Crippen LogP contribution in [0, 0.1) is 5.92 Å². The maximum absolute atomic E-state index is 10.1. The lowest BCUT2D eigenvalue weighted by atomic mass is 9.96. The Hall–Kier alpha value is -0.0800. The van der Waals surface area contributed by atoms with E-state index in [9.17, 15) is 5.11 Å². The van der Waals surface area contributed by atoms with Gasteiger partial charge in [-0.2, -0.15) is 0 Å². The highest BCUT2D eigenvalue weighted by Gasteiger charge is 2.27. The van der Waals surface area contributed by atoms with Crippen LogP contribution in [0.2, 0.25) is 0 Å². The minimum absolute atomic E-state index is 0.0203. The van der Waals surface area contributed by atoms with Gasteiger partial charge in [0.25, 0.3) is 0 Å². The molecule has 0 radical (unpaired) electrons. The van der Waals surface area contributed by atoms with Crippen molar-refractivity contribution in [3.63, 3.8) is 0 Å². The largest absolute Gasteiger partial charge is 0.388 e. The number of ether oxygens (including phenoxy) is 1. The number of hydrogen-bond acceptors (Lipinski definition) is 2. The molecule has 0 aromatic rings. The van der Waals surface area contributed by atoms with Gasteiger partial charge in [0.1, 0.15) is 0 Å². The first-order chi connectivity index (χ1) is 8.45. The second kappa shape index (κ2) is 9.80. The molecule has 0 amide bonds. The maximum atomic E-state index is 10.1. The molecule has 0 rings (SSSR count). The van der Waals surface area contributed by atoms with Gasteiger partial charge in [0, 0.05) is 6.61 Å². The summed E-state index contributed by atoms with van der Waals surface area (Å²) in [6, 6.07) is 0. The monoisotopic (exact) mass is 258 g/mol. The number of rotatable bonds is 11. The summed E-state index contributed by atoms with van der Waals surface area (Å²) in [5, 5.41) is 10.1. The molecule has 0 aliphatic heterocycles. The van der Waals surface area contributed by atoms with E-state index in [0.29, 0.717) is 5.92 Å². The Kier molecular flexibility index (Phi) is 9.76. The summed E-state index contributed by atoms with van der Waals surface area (Å²) in [6.45, 7) is 11.2. The lowest BCUT2D eigenvalue weighted by molar-refractivity contribution is -0.101. The normalized spacial score (nSPS) is 15.7. The molecule has 0 aliphatic rings. The summed E-state index contributed by atoms with van der Waals surface area (Å²) in [4.78, 5) is 0. The minimum atomic E-state index is -0.724. The van der Waals surface area contributed by atoms with Crippen molar-refractivity contribution >= 4 is 0 Å². The lowest BCUT2D eigenvalue weighted by Crippen LogP contribution is -2.39. The minimum Gasteiger partial charge on any atom is -0.388 e. The van der Waals surface area contributed by atoms with Crippen LogP contribution in [0.1, 0.15) is 79.6 Å². The van der Waals surface area contributed by atoms with E-state index in [0.717, 1.165) is 25.9 Å². The average molecular weight is 258 g/mol. The van der Waals surface area contributed by atoms with Crippen molar-refractivity contribution in [3.8, 4) is 0 Å². The smallest absolute Gasteiger partial charge is 0.0856 e. The van der Waals surface area contributed by atoms with E-state index in [1.165, 1.54) is 25.7 Å². The van der Waals surface area contributed by atoms with Crippen LogP contribution in [0.15, 0.2) is 0 Å². The third-order valence-electron chi connectivity index (χ3n) is 3.68. The first-order valence-corrected chi connectivity index (χ1v) is 7.79. The van der Waals surface area contributed by atoms with E-state index in [-0.39, 0.29) is 6.10 Å². The van der Waals surface area contributed by atoms with Gasteiger partial charge in [-0.05, 0) is 32.6 Å². The zero-order chi connectivity index (χ0) is 14.0. The summed E-state index contributed by atoms with van der Waals surface area (Å²) >= 11 is 0. The summed E-state index contributed by atoms with van der Waals surface area (Å²) < 4.78 is 6.01. The lowest BCUT2D eigenvalue weighted by Gasteiger charge is -2.31.